The number of nitrogens with two attached hydrogens (primary N) is 1. The summed E-state index contributed by atoms with van der Waals surface area (Å²) in [5.41, 5.74) is 6.10. The number of aromatic hydroxyl groups is 1. The Morgan fingerprint density at radius 3 is 1.72 bits per heavy atom. The highest BCUT2D eigenvalue weighted by molar-refractivity contribution is 7.98. The molecule has 1 aliphatic rings. The van der Waals surface area contributed by atoms with Gasteiger partial charge in [0, 0.05) is 13.0 Å². The second kappa shape index (κ2) is 32.2. The Morgan fingerprint density at radius 2 is 1.20 bits per heavy atom. The maximum absolute atomic E-state index is 14.5. The van der Waals surface area contributed by atoms with E-state index in [0.717, 1.165) is 0 Å². The van der Waals surface area contributed by atoms with E-state index in [4.69, 9.17) is 5.73 Å². The molecule has 1 aliphatic heterocycles. The molecule has 76 heavy (non-hydrogen) atoms. The van der Waals surface area contributed by atoms with Crippen molar-refractivity contribution in [2.75, 3.05) is 25.1 Å². The summed E-state index contributed by atoms with van der Waals surface area (Å²) in [6.07, 6.45) is 2.19. The van der Waals surface area contributed by atoms with E-state index in [1.54, 1.807) is 47.8 Å². The van der Waals surface area contributed by atoms with Gasteiger partial charge in [-0.3, -0.25) is 47.9 Å². The van der Waals surface area contributed by atoms with Crippen LogP contribution in [0.3, 0.4) is 0 Å². The molecule has 1 fully saturated rings. The lowest BCUT2D eigenvalue weighted by Gasteiger charge is -2.33. The molecule has 9 amide bonds. The van der Waals surface area contributed by atoms with Crippen LogP contribution in [0.4, 0.5) is 0 Å². The van der Waals surface area contributed by atoms with Gasteiger partial charge >= 0.3 is 11.9 Å². The molecule has 0 saturated carbocycles. The summed E-state index contributed by atoms with van der Waals surface area (Å²) >= 11 is 1.36. The van der Waals surface area contributed by atoms with Gasteiger partial charge in [-0.15, -0.1) is 0 Å². The summed E-state index contributed by atoms with van der Waals surface area (Å²) in [6.45, 7) is 14.8. The lowest BCUT2D eigenvalue weighted by Crippen LogP contribution is -2.60. The molecule has 24 nitrogen and oxygen atoms in total. The minimum Gasteiger partial charge on any atom is -0.508 e. The zero-order chi connectivity index (χ0) is 57.6. The first kappa shape index (κ1) is 65.6. The molecular formula is C51H82N10O14S. The number of nitrogens with one attached hydrogen (secondary N) is 8. The topological polar surface area (TPSA) is 374 Å². The number of nitrogens with zero attached hydrogens (tertiary/aromatic N) is 1. The summed E-state index contributed by atoms with van der Waals surface area (Å²) in [7, 11) is 0. The molecule has 2 rings (SSSR count). The molecule has 25 heteroatoms. The molecule has 0 spiro atoms. The van der Waals surface area contributed by atoms with Crippen molar-refractivity contribution in [3.8, 4) is 5.75 Å². The van der Waals surface area contributed by atoms with Crippen LogP contribution in [0, 0.1) is 23.7 Å². The van der Waals surface area contributed by atoms with Gasteiger partial charge in [0.15, 0.2) is 0 Å². The number of carbonyl (C=O) groups excluding carboxylic acids is 9. The van der Waals surface area contributed by atoms with Crippen LogP contribution in [0.1, 0.15) is 113 Å². The largest absolute Gasteiger partial charge is 0.508 e. The number of benzene rings is 1. The molecular weight excluding hydrogens is 1010 g/mol. The van der Waals surface area contributed by atoms with Gasteiger partial charge in [-0.05, 0) is 92.4 Å². The van der Waals surface area contributed by atoms with Gasteiger partial charge in [0.1, 0.15) is 54.1 Å². The predicted molar refractivity (Wildman–Crippen MR) is 283 cm³/mol. The van der Waals surface area contributed by atoms with Crippen LogP contribution < -0.4 is 48.3 Å². The molecule has 0 radical (unpaired) electrons. The van der Waals surface area contributed by atoms with Gasteiger partial charge in [-0.25, -0.2) is 4.79 Å². The number of thioether (sulfide) groups is 1. The van der Waals surface area contributed by atoms with Gasteiger partial charge in [0.25, 0.3) is 0 Å². The molecule has 1 aromatic carbocycles. The standard InChI is InChI=1S/C51H82N10O14S/c1-11-29(8)42(50(73)61-19-12-13-38(61)49(72)58-35(22-27(4)5)47(70)59-41(28(6)7)51(74)75)60-48(71)36(23-31-14-16-32(62)17-15-31)54-39(63)25-53-44(67)33(18-20-76-10)55-45(68)34(21-26(2)3)57-46(69)37(24-40(64)65)56-43(66)30(9)52/h14-17,26-30,33-38,41-42,62H,11-13,18-25,52H2,1-10H3,(H,53,67)(H,54,63)(H,55,68)(H,56,66)(H,57,69)(H,58,72)(H,59,70)(H,60,71)(H,64,65)(H,74,75)/t29-,30-,33-,34-,35-,36-,37-,38-,41-,42-/m0/s1. The first-order chi connectivity index (χ1) is 35.6. The number of carboxylic acid groups (broad SMARTS) is 2. The number of carboxylic acids is 2. The Balaban J connectivity index is 2.36. The highest BCUT2D eigenvalue weighted by Crippen LogP contribution is 2.23. The minimum absolute atomic E-state index is 0.0509. The fraction of sp³-hybridized carbons (Fsp3) is 0.667. The normalized spacial score (nSPS) is 16.9. The lowest BCUT2D eigenvalue weighted by molar-refractivity contribution is -0.145. The quantitative estimate of drug-likeness (QED) is 0.0448. The molecule has 1 saturated heterocycles. The zero-order valence-corrected chi connectivity index (χ0v) is 46.2. The van der Waals surface area contributed by atoms with E-state index >= 15 is 0 Å². The molecule has 0 aliphatic carbocycles. The predicted octanol–water partition coefficient (Wildman–Crippen LogP) is -0.111. The van der Waals surface area contributed by atoms with Crippen molar-refractivity contribution in [1.29, 1.82) is 0 Å². The van der Waals surface area contributed by atoms with E-state index in [0.29, 0.717) is 24.2 Å². The highest BCUT2D eigenvalue weighted by Gasteiger charge is 2.42. The second-order valence-corrected chi connectivity index (χ2v) is 21.5. The Bertz CT molecular complexity index is 2180. The van der Waals surface area contributed by atoms with Crippen LogP contribution in [0.25, 0.3) is 0 Å². The summed E-state index contributed by atoms with van der Waals surface area (Å²) in [5.74, 6) is -10.4. The van der Waals surface area contributed by atoms with Crippen LogP contribution in [0.2, 0.25) is 0 Å². The van der Waals surface area contributed by atoms with E-state index < -0.39 is 144 Å². The van der Waals surface area contributed by atoms with Crippen molar-refractivity contribution in [2.45, 2.75) is 168 Å². The van der Waals surface area contributed by atoms with Crippen molar-refractivity contribution in [1.82, 2.24) is 47.4 Å². The molecule has 0 bridgehead atoms. The van der Waals surface area contributed by atoms with Gasteiger partial charge in [-0.1, -0.05) is 73.9 Å². The summed E-state index contributed by atoms with van der Waals surface area (Å²) in [6, 6.07) is -5.26. The monoisotopic (exact) mass is 1090 g/mol. The number of hydrogen-bond donors (Lipinski definition) is 12. The Hall–Kier alpha value is -6.50. The van der Waals surface area contributed by atoms with Gasteiger partial charge in [0.05, 0.1) is 19.0 Å². The Labute approximate surface area is 449 Å². The maximum atomic E-state index is 14.5. The summed E-state index contributed by atoms with van der Waals surface area (Å²) < 4.78 is 0. The van der Waals surface area contributed by atoms with E-state index in [1.165, 1.54) is 47.9 Å². The number of phenols is 1. The van der Waals surface area contributed by atoms with E-state index in [1.807, 2.05) is 13.8 Å². The lowest BCUT2D eigenvalue weighted by atomic mass is 9.96. The van der Waals surface area contributed by atoms with Crippen molar-refractivity contribution in [3.63, 3.8) is 0 Å². The van der Waals surface area contributed by atoms with E-state index in [9.17, 15) is 68.1 Å². The molecule has 426 valence electrons. The summed E-state index contributed by atoms with van der Waals surface area (Å²) in [4.78, 5) is 148. The van der Waals surface area contributed by atoms with Crippen molar-refractivity contribution < 1.29 is 68.1 Å². The number of amides is 9. The third kappa shape index (κ3) is 22.0. The second-order valence-electron chi connectivity index (χ2n) is 20.5. The first-order valence-electron chi connectivity index (χ1n) is 25.8. The average Bonchev–Trinajstić information content (AvgIpc) is 3.84. The Kier molecular flexibility index (Phi) is 27.8. The van der Waals surface area contributed by atoms with Gasteiger partial charge in [0.2, 0.25) is 53.2 Å². The van der Waals surface area contributed by atoms with Crippen LogP contribution >= 0.6 is 11.8 Å². The molecule has 13 N–H and O–H groups in total. The van der Waals surface area contributed by atoms with Crippen molar-refractivity contribution in [2.24, 2.45) is 29.4 Å². The molecule has 10 atom stereocenters. The first-order valence-corrected chi connectivity index (χ1v) is 27.2. The van der Waals surface area contributed by atoms with Crippen LogP contribution in [-0.4, -0.2) is 165 Å². The van der Waals surface area contributed by atoms with E-state index in [2.05, 4.69) is 42.5 Å². The fourth-order valence-corrected chi connectivity index (χ4v) is 8.68. The highest BCUT2D eigenvalue weighted by atomic mass is 32.2. The van der Waals surface area contributed by atoms with E-state index in [-0.39, 0.29) is 56.2 Å². The SMILES string of the molecule is CC[C@H](C)[C@H](NC(=O)[C@H](Cc1ccc(O)cc1)NC(=O)CNC(=O)[C@H](CCSC)NC(=O)[C@H](CC(C)C)NC(=O)[C@H](CC(=O)O)NC(=O)[C@H](C)N)C(=O)N1CCC[C@H]1C(=O)N[C@@H](CC(C)C)C(=O)N[C@H](C(=O)O)C(C)C. The zero-order valence-electron chi connectivity index (χ0n) is 45.4. The summed E-state index contributed by atoms with van der Waals surface area (Å²) in [5, 5.41) is 49.6. The molecule has 1 heterocycles. The van der Waals surface area contributed by atoms with Crippen LogP contribution in [0.15, 0.2) is 24.3 Å². The number of carbonyl (C=O) groups is 11. The number of rotatable bonds is 32. The smallest absolute Gasteiger partial charge is 0.326 e. The van der Waals surface area contributed by atoms with Gasteiger partial charge in [-0.2, -0.15) is 11.8 Å². The fourth-order valence-electron chi connectivity index (χ4n) is 8.21. The third-order valence-electron chi connectivity index (χ3n) is 12.6. The number of aliphatic carboxylic acids is 2. The molecule has 1 aromatic rings. The molecule has 0 aromatic heterocycles. The van der Waals surface area contributed by atoms with Crippen LogP contribution in [-0.2, 0) is 59.2 Å². The third-order valence-corrected chi connectivity index (χ3v) is 13.3. The van der Waals surface area contributed by atoms with Crippen molar-refractivity contribution >= 4 is 76.9 Å². The number of hydrogen-bond acceptors (Lipinski definition) is 14. The average molecular weight is 1090 g/mol. The minimum atomic E-state index is -1.58. The Morgan fingerprint density at radius 1 is 0.671 bits per heavy atom. The van der Waals surface area contributed by atoms with Crippen LogP contribution in [0.5, 0.6) is 5.75 Å². The van der Waals surface area contributed by atoms with Crippen molar-refractivity contribution in [3.05, 3.63) is 29.8 Å². The maximum Gasteiger partial charge on any atom is 0.326 e. The van der Waals surface area contributed by atoms with Gasteiger partial charge < -0.3 is 68.5 Å². The number of likely N-dealkylation sites (tertiary alicyclic amines) is 1. The number of phenolic OH excluding ortho intramolecular Hbond substituents is 1. The molecule has 0 unspecified atom stereocenters.